The minimum Gasteiger partial charge on any atom is -0.297 e. The SMILES string of the molecule is CC(C)c1nnc(NC(=O)C=Cc2cccs2)s1. The molecule has 2 heterocycles. The number of aromatic nitrogens is 2. The molecule has 0 fully saturated rings. The molecule has 0 saturated carbocycles. The number of amides is 1. The Morgan fingerprint density at radius 3 is 2.89 bits per heavy atom. The van der Waals surface area contributed by atoms with Crippen molar-refractivity contribution < 1.29 is 4.79 Å². The molecule has 0 saturated heterocycles. The lowest BCUT2D eigenvalue weighted by Gasteiger charge is -1.95. The Hall–Kier alpha value is -1.53. The van der Waals surface area contributed by atoms with Crippen LogP contribution in [0.4, 0.5) is 5.13 Å². The van der Waals surface area contributed by atoms with Gasteiger partial charge < -0.3 is 0 Å². The van der Waals surface area contributed by atoms with Gasteiger partial charge in [-0.15, -0.1) is 21.5 Å². The highest BCUT2D eigenvalue weighted by Crippen LogP contribution is 2.22. The number of carbonyl (C=O) groups excluding carboxylic acids is 1. The van der Waals surface area contributed by atoms with Crippen molar-refractivity contribution in [2.45, 2.75) is 19.8 Å². The first kappa shape index (κ1) is 12.9. The third-order valence-corrected chi connectivity index (χ3v) is 4.08. The van der Waals surface area contributed by atoms with Gasteiger partial charge in [-0.2, -0.15) is 0 Å². The van der Waals surface area contributed by atoms with Crippen molar-refractivity contribution in [2.75, 3.05) is 5.32 Å². The molecule has 0 unspecified atom stereocenters. The van der Waals surface area contributed by atoms with Crippen molar-refractivity contribution in [1.82, 2.24) is 10.2 Å². The van der Waals surface area contributed by atoms with Crippen LogP contribution in [0.25, 0.3) is 6.08 Å². The molecule has 0 aromatic carbocycles. The zero-order valence-electron chi connectivity index (χ0n) is 10.1. The molecule has 0 aliphatic heterocycles. The Balaban J connectivity index is 1.94. The predicted molar refractivity (Wildman–Crippen MR) is 76.0 cm³/mol. The first-order valence-corrected chi connectivity index (χ1v) is 7.20. The number of hydrogen-bond donors (Lipinski definition) is 1. The van der Waals surface area contributed by atoms with E-state index in [-0.39, 0.29) is 5.91 Å². The summed E-state index contributed by atoms with van der Waals surface area (Å²) in [5, 5.41) is 14.1. The highest BCUT2D eigenvalue weighted by atomic mass is 32.1. The molecular formula is C12H13N3OS2. The molecule has 18 heavy (non-hydrogen) atoms. The topological polar surface area (TPSA) is 54.9 Å². The standard InChI is InChI=1S/C12H13N3OS2/c1-8(2)11-14-15-12(18-11)13-10(16)6-5-9-4-3-7-17-9/h3-8H,1-2H3,(H,13,15,16). The molecule has 0 atom stereocenters. The van der Waals surface area contributed by atoms with Gasteiger partial charge in [0.1, 0.15) is 5.01 Å². The van der Waals surface area contributed by atoms with Crippen LogP contribution in [-0.2, 0) is 4.79 Å². The van der Waals surface area contributed by atoms with Crippen molar-refractivity contribution in [2.24, 2.45) is 0 Å². The molecule has 0 spiro atoms. The molecule has 2 aromatic heterocycles. The van der Waals surface area contributed by atoms with E-state index in [2.05, 4.69) is 15.5 Å². The van der Waals surface area contributed by atoms with Gasteiger partial charge in [-0.3, -0.25) is 10.1 Å². The highest BCUT2D eigenvalue weighted by molar-refractivity contribution is 7.15. The van der Waals surface area contributed by atoms with Crippen LogP contribution in [0.1, 0.15) is 29.7 Å². The summed E-state index contributed by atoms with van der Waals surface area (Å²) in [6.45, 7) is 4.09. The van der Waals surface area contributed by atoms with E-state index in [0.29, 0.717) is 11.0 Å². The molecule has 1 amide bonds. The van der Waals surface area contributed by atoms with E-state index in [9.17, 15) is 4.79 Å². The minimum atomic E-state index is -0.185. The summed E-state index contributed by atoms with van der Waals surface area (Å²) >= 11 is 2.99. The highest BCUT2D eigenvalue weighted by Gasteiger charge is 2.08. The number of thiophene rings is 1. The van der Waals surface area contributed by atoms with Gasteiger partial charge >= 0.3 is 0 Å². The Labute approximate surface area is 113 Å². The lowest BCUT2D eigenvalue weighted by molar-refractivity contribution is -0.111. The summed E-state index contributed by atoms with van der Waals surface area (Å²) in [6, 6.07) is 3.90. The van der Waals surface area contributed by atoms with Crippen LogP contribution < -0.4 is 5.32 Å². The lowest BCUT2D eigenvalue weighted by Crippen LogP contribution is -2.07. The fraction of sp³-hybridized carbons (Fsp3) is 0.250. The third-order valence-electron chi connectivity index (χ3n) is 2.11. The summed E-state index contributed by atoms with van der Waals surface area (Å²) in [4.78, 5) is 12.7. The Bertz CT molecular complexity index is 543. The van der Waals surface area contributed by atoms with Crippen molar-refractivity contribution in [3.05, 3.63) is 33.5 Å². The quantitative estimate of drug-likeness (QED) is 0.873. The van der Waals surface area contributed by atoms with Crippen molar-refractivity contribution in [1.29, 1.82) is 0 Å². The second kappa shape index (κ2) is 5.88. The Morgan fingerprint density at radius 2 is 2.28 bits per heavy atom. The fourth-order valence-corrected chi connectivity index (χ4v) is 2.58. The van der Waals surface area contributed by atoms with Gasteiger partial charge in [0.05, 0.1) is 0 Å². The van der Waals surface area contributed by atoms with Crippen LogP contribution in [0.15, 0.2) is 23.6 Å². The van der Waals surface area contributed by atoms with Gasteiger partial charge in [0.25, 0.3) is 0 Å². The van der Waals surface area contributed by atoms with Crippen LogP contribution in [0, 0.1) is 0 Å². The van der Waals surface area contributed by atoms with E-state index >= 15 is 0 Å². The van der Waals surface area contributed by atoms with E-state index < -0.39 is 0 Å². The van der Waals surface area contributed by atoms with Crippen LogP contribution in [0.3, 0.4) is 0 Å². The molecule has 0 radical (unpaired) electrons. The van der Waals surface area contributed by atoms with E-state index in [0.717, 1.165) is 9.88 Å². The smallest absolute Gasteiger partial charge is 0.250 e. The number of carbonyl (C=O) groups is 1. The van der Waals surface area contributed by atoms with Crippen LogP contribution in [0.5, 0.6) is 0 Å². The summed E-state index contributed by atoms with van der Waals surface area (Å²) in [6.07, 6.45) is 3.28. The molecule has 0 aliphatic rings. The first-order chi connectivity index (χ1) is 8.65. The maximum atomic E-state index is 11.6. The molecule has 2 aromatic rings. The Kier molecular flexibility index (Phi) is 4.22. The second-order valence-corrected chi connectivity index (χ2v) is 5.93. The summed E-state index contributed by atoms with van der Waals surface area (Å²) in [5.41, 5.74) is 0. The molecule has 1 N–H and O–H groups in total. The van der Waals surface area contributed by atoms with E-state index in [4.69, 9.17) is 0 Å². The molecular weight excluding hydrogens is 266 g/mol. The average Bonchev–Trinajstić information content (AvgIpc) is 2.96. The molecule has 0 bridgehead atoms. The second-order valence-electron chi connectivity index (χ2n) is 3.94. The third kappa shape index (κ3) is 3.48. The molecule has 0 aliphatic carbocycles. The van der Waals surface area contributed by atoms with E-state index in [1.165, 1.54) is 17.4 Å². The van der Waals surface area contributed by atoms with Crippen LogP contribution >= 0.6 is 22.7 Å². The van der Waals surface area contributed by atoms with E-state index in [1.54, 1.807) is 17.4 Å². The monoisotopic (exact) mass is 279 g/mol. The molecule has 94 valence electrons. The lowest BCUT2D eigenvalue weighted by atomic mass is 10.2. The molecule has 4 nitrogen and oxygen atoms in total. The summed E-state index contributed by atoms with van der Waals surface area (Å²) in [7, 11) is 0. The number of anilines is 1. The van der Waals surface area contributed by atoms with Gasteiger partial charge in [-0.05, 0) is 17.5 Å². The number of nitrogens with zero attached hydrogens (tertiary/aromatic N) is 2. The normalized spacial score (nSPS) is 11.3. The number of hydrogen-bond acceptors (Lipinski definition) is 5. The first-order valence-electron chi connectivity index (χ1n) is 5.51. The van der Waals surface area contributed by atoms with Gasteiger partial charge in [0.15, 0.2) is 0 Å². The molecule has 2 rings (SSSR count). The zero-order valence-corrected chi connectivity index (χ0v) is 11.7. The van der Waals surface area contributed by atoms with Crippen molar-refractivity contribution in [3.63, 3.8) is 0 Å². The van der Waals surface area contributed by atoms with Gasteiger partial charge in [-0.25, -0.2) is 0 Å². The van der Waals surface area contributed by atoms with Gasteiger partial charge in [0.2, 0.25) is 11.0 Å². The average molecular weight is 279 g/mol. The largest absolute Gasteiger partial charge is 0.297 e. The van der Waals surface area contributed by atoms with Gasteiger partial charge in [-0.1, -0.05) is 31.3 Å². The van der Waals surface area contributed by atoms with Crippen molar-refractivity contribution in [3.8, 4) is 0 Å². The summed E-state index contributed by atoms with van der Waals surface area (Å²) < 4.78 is 0. The zero-order chi connectivity index (χ0) is 13.0. The van der Waals surface area contributed by atoms with Crippen LogP contribution in [-0.4, -0.2) is 16.1 Å². The maximum Gasteiger partial charge on any atom is 0.250 e. The van der Waals surface area contributed by atoms with Gasteiger partial charge in [0, 0.05) is 16.9 Å². The van der Waals surface area contributed by atoms with E-state index in [1.807, 2.05) is 31.4 Å². The van der Waals surface area contributed by atoms with Crippen LogP contribution in [0.2, 0.25) is 0 Å². The minimum absolute atomic E-state index is 0.185. The number of nitrogens with one attached hydrogen (secondary N) is 1. The summed E-state index contributed by atoms with van der Waals surface area (Å²) in [5.74, 6) is 0.143. The Morgan fingerprint density at radius 1 is 1.44 bits per heavy atom. The van der Waals surface area contributed by atoms with Crippen molar-refractivity contribution >= 4 is 39.8 Å². The fourth-order valence-electron chi connectivity index (χ4n) is 1.21. The number of rotatable bonds is 4. The predicted octanol–water partition coefficient (Wildman–Crippen LogP) is 3.37. The molecule has 6 heteroatoms. The maximum absolute atomic E-state index is 11.6.